The summed E-state index contributed by atoms with van der Waals surface area (Å²) in [5.41, 5.74) is 0.196. The number of carbonyl (C=O) groups is 1. The fraction of sp³-hybridized carbons (Fsp3) is 0.588. The molecule has 7 heteroatoms. The summed E-state index contributed by atoms with van der Waals surface area (Å²) < 4.78 is 25.0. The van der Waals surface area contributed by atoms with Gasteiger partial charge in [0.1, 0.15) is 11.4 Å². The van der Waals surface area contributed by atoms with Crippen LogP contribution in [0.3, 0.4) is 0 Å². The van der Waals surface area contributed by atoms with Gasteiger partial charge in [0.25, 0.3) is 0 Å². The van der Waals surface area contributed by atoms with E-state index in [4.69, 9.17) is 21.1 Å². The maximum absolute atomic E-state index is 13.7. The van der Waals surface area contributed by atoms with Gasteiger partial charge in [0.15, 0.2) is 0 Å². The third-order valence-corrected chi connectivity index (χ3v) is 4.50. The molecule has 5 nitrogen and oxygen atoms in total. The van der Waals surface area contributed by atoms with E-state index in [9.17, 15) is 9.18 Å². The minimum Gasteiger partial charge on any atom is -0.444 e. The number of morpholine rings is 1. The summed E-state index contributed by atoms with van der Waals surface area (Å²) in [4.78, 5) is 16.2. The third kappa shape index (κ3) is 3.59. The number of ether oxygens (including phenoxy) is 2. The molecule has 2 fully saturated rings. The zero-order valence-electron chi connectivity index (χ0n) is 14.1. The molecule has 0 radical (unpaired) electrons. The van der Waals surface area contributed by atoms with Gasteiger partial charge in [-0.1, -0.05) is 11.6 Å². The van der Waals surface area contributed by atoms with Crippen molar-refractivity contribution in [2.24, 2.45) is 0 Å². The number of hydrogen-bond acceptors (Lipinski definition) is 4. The molecule has 0 N–H and O–H groups in total. The lowest BCUT2D eigenvalue weighted by atomic mass is 10.1. The number of amides is 1. The molecule has 0 aromatic heterocycles. The number of fused-ring (bicyclic) bond motifs is 1. The highest BCUT2D eigenvalue weighted by Crippen LogP contribution is 2.30. The van der Waals surface area contributed by atoms with Gasteiger partial charge in [0.2, 0.25) is 0 Å². The fourth-order valence-corrected chi connectivity index (χ4v) is 3.25. The van der Waals surface area contributed by atoms with E-state index in [1.807, 2.05) is 25.7 Å². The lowest BCUT2D eigenvalue weighted by Gasteiger charge is -2.37. The molecule has 0 saturated carbocycles. The normalized spacial score (nSPS) is 24.0. The maximum Gasteiger partial charge on any atom is 0.410 e. The van der Waals surface area contributed by atoms with Gasteiger partial charge in [0.05, 0.1) is 23.8 Å². The molecular formula is C17H22ClFN2O3. The first-order chi connectivity index (χ1) is 11.2. The molecule has 0 bridgehead atoms. The van der Waals surface area contributed by atoms with E-state index >= 15 is 0 Å². The molecule has 2 aliphatic rings. The minimum absolute atomic E-state index is 0.0991. The molecule has 2 heterocycles. The Bertz CT molecular complexity index is 635. The van der Waals surface area contributed by atoms with Crippen LogP contribution in [0.5, 0.6) is 0 Å². The quantitative estimate of drug-likeness (QED) is 0.774. The molecule has 132 valence electrons. The number of anilines is 1. The number of carbonyl (C=O) groups excluding carboxylic acids is 1. The van der Waals surface area contributed by atoms with Gasteiger partial charge in [-0.15, -0.1) is 0 Å². The van der Waals surface area contributed by atoms with Gasteiger partial charge < -0.3 is 14.4 Å². The predicted molar refractivity (Wildman–Crippen MR) is 90.1 cm³/mol. The SMILES string of the molecule is CC(C)(C)OC(=O)N1CCOC2CN(c3ccc(Cl)c(F)c3)CC21. The first-order valence-electron chi connectivity index (χ1n) is 8.06. The first-order valence-corrected chi connectivity index (χ1v) is 8.43. The Morgan fingerprint density at radius 1 is 1.38 bits per heavy atom. The van der Waals surface area contributed by atoms with Gasteiger partial charge in [0, 0.05) is 25.3 Å². The molecule has 2 atom stereocenters. The Morgan fingerprint density at radius 3 is 2.79 bits per heavy atom. The summed E-state index contributed by atoms with van der Waals surface area (Å²) in [5.74, 6) is -0.450. The Labute approximate surface area is 146 Å². The molecular weight excluding hydrogens is 335 g/mol. The van der Waals surface area contributed by atoms with Gasteiger partial charge in [-0.25, -0.2) is 9.18 Å². The number of halogens is 2. The number of nitrogens with zero attached hydrogens (tertiary/aromatic N) is 2. The van der Waals surface area contributed by atoms with Gasteiger partial charge in [-0.2, -0.15) is 0 Å². The molecule has 24 heavy (non-hydrogen) atoms. The molecule has 3 rings (SSSR count). The molecule has 2 aliphatic heterocycles. The van der Waals surface area contributed by atoms with Crippen LogP contribution >= 0.6 is 11.6 Å². The Kier molecular flexibility index (Phi) is 4.62. The van der Waals surface area contributed by atoms with Crippen molar-refractivity contribution in [2.75, 3.05) is 31.1 Å². The van der Waals surface area contributed by atoms with Crippen molar-refractivity contribution in [3.8, 4) is 0 Å². The van der Waals surface area contributed by atoms with Crippen LogP contribution < -0.4 is 4.90 Å². The molecule has 1 aromatic carbocycles. The van der Waals surface area contributed by atoms with Gasteiger partial charge >= 0.3 is 6.09 Å². The number of rotatable bonds is 1. The summed E-state index contributed by atoms with van der Waals surface area (Å²) in [6.45, 7) is 7.69. The van der Waals surface area contributed by atoms with E-state index < -0.39 is 11.4 Å². The maximum atomic E-state index is 13.7. The largest absolute Gasteiger partial charge is 0.444 e. The Morgan fingerprint density at radius 2 is 2.12 bits per heavy atom. The average Bonchev–Trinajstić information content (AvgIpc) is 2.92. The minimum atomic E-state index is -0.539. The number of hydrogen-bond donors (Lipinski definition) is 0. The van der Waals surface area contributed by atoms with Gasteiger partial charge in [-0.3, -0.25) is 4.90 Å². The summed E-state index contributed by atoms with van der Waals surface area (Å²) in [6, 6.07) is 4.63. The lowest BCUT2D eigenvalue weighted by Crippen LogP contribution is -2.54. The first kappa shape index (κ1) is 17.3. The second-order valence-electron chi connectivity index (χ2n) is 7.15. The predicted octanol–water partition coefficient (Wildman–Crippen LogP) is 3.30. The van der Waals surface area contributed by atoms with E-state index in [1.54, 1.807) is 17.0 Å². The summed E-state index contributed by atoms with van der Waals surface area (Å²) in [5, 5.41) is 0.0991. The zero-order valence-corrected chi connectivity index (χ0v) is 14.8. The second-order valence-corrected chi connectivity index (χ2v) is 7.56. The van der Waals surface area contributed by atoms with E-state index in [1.165, 1.54) is 6.07 Å². The van der Waals surface area contributed by atoms with Crippen molar-refractivity contribution in [3.05, 3.63) is 29.0 Å². The van der Waals surface area contributed by atoms with E-state index in [-0.39, 0.29) is 23.3 Å². The lowest BCUT2D eigenvalue weighted by molar-refractivity contribution is -0.0567. The van der Waals surface area contributed by atoms with Crippen molar-refractivity contribution >= 4 is 23.4 Å². The van der Waals surface area contributed by atoms with E-state index in [2.05, 4.69) is 0 Å². The highest BCUT2D eigenvalue weighted by Gasteiger charge is 2.43. The van der Waals surface area contributed by atoms with Crippen LogP contribution in [0.15, 0.2) is 18.2 Å². The van der Waals surface area contributed by atoms with Crippen LogP contribution in [0.1, 0.15) is 20.8 Å². The van der Waals surface area contributed by atoms with Crippen LogP contribution in [0, 0.1) is 5.82 Å². The van der Waals surface area contributed by atoms with E-state index in [0.29, 0.717) is 26.2 Å². The van der Waals surface area contributed by atoms with Crippen molar-refractivity contribution in [1.82, 2.24) is 4.90 Å². The van der Waals surface area contributed by atoms with Crippen LogP contribution in [-0.4, -0.2) is 55.0 Å². The van der Waals surface area contributed by atoms with Crippen molar-refractivity contribution in [3.63, 3.8) is 0 Å². The summed E-state index contributed by atoms with van der Waals surface area (Å²) in [7, 11) is 0. The Balaban J connectivity index is 1.75. The standard InChI is InChI=1S/C17H22ClFN2O3/c1-17(2,3)24-16(22)21-6-7-23-15-10-20(9-14(15)21)11-4-5-12(18)13(19)8-11/h4-5,8,14-15H,6-7,9-10H2,1-3H3. The Hall–Kier alpha value is -1.53. The number of benzene rings is 1. The van der Waals surface area contributed by atoms with Crippen LogP contribution in [0.4, 0.5) is 14.9 Å². The van der Waals surface area contributed by atoms with E-state index in [0.717, 1.165) is 5.69 Å². The zero-order chi connectivity index (χ0) is 17.5. The third-order valence-electron chi connectivity index (χ3n) is 4.20. The summed E-state index contributed by atoms with van der Waals surface area (Å²) in [6.07, 6.45) is -0.435. The highest BCUT2D eigenvalue weighted by molar-refractivity contribution is 6.30. The topological polar surface area (TPSA) is 42.0 Å². The highest BCUT2D eigenvalue weighted by atomic mass is 35.5. The average molecular weight is 357 g/mol. The molecule has 0 aliphatic carbocycles. The second kappa shape index (κ2) is 6.41. The molecule has 1 amide bonds. The molecule has 0 spiro atoms. The van der Waals surface area contributed by atoms with Crippen molar-refractivity contribution in [1.29, 1.82) is 0 Å². The van der Waals surface area contributed by atoms with Crippen LogP contribution in [-0.2, 0) is 9.47 Å². The molecule has 1 aromatic rings. The smallest absolute Gasteiger partial charge is 0.410 e. The molecule has 2 unspecified atom stereocenters. The van der Waals surface area contributed by atoms with Crippen LogP contribution in [0.25, 0.3) is 0 Å². The van der Waals surface area contributed by atoms with Gasteiger partial charge in [-0.05, 0) is 39.0 Å². The van der Waals surface area contributed by atoms with Crippen molar-refractivity contribution in [2.45, 2.75) is 38.5 Å². The van der Waals surface area contributed by atoms with Crippen molar-refractivity contribution < 1.29 is 18.7 Å². The fourth-order valence-electron chi connectivity index (χ4n) is 3.13. The monoisotopic (exact) mass is 356 g/mol. The summed E-state index contributed by atoms with van der Waals surface area (Å²) >= 11 is 5.75. The molecule has 2 saturated heterocycles. The van der Waals surface area contributed by atoms with Crippen LogP contribution in [0.2, 0.25) is 5.02 Å².